The number of amides is 1. The largest absolute Gasteiger partial charge is 0.481 e. The van der Waals surface area contributed by atoms with Gasteiger partial charge in [0.1, 0.15) is 28.7 Å². The number of ketones is 1. The van der Waals surface area contributed by atoms with Crippen LogP contribution in [0.15, 0.2) is 263 Å². The van der Waals surface area contributed by atoms with Gasteiger partial charge in [0.2, 0.25) is 5.88 Å². The van der Waals surface area contributed by atoms with Crippen LogP contribution in [0, 0.1) is 55.4 Å². The topological polar surface area (TPSA) is 343 Å². The molecule has 132 heavy (non-hydrogen) atoms. The van der Waals surface area contributed by atoms with Crippen molar-refractivity contribution >= 4 is 55.8 Å². The number of pyridine rings is 10. The molecule has 0 fully saturated rings. The Hall–Kier alpha value is -16.5. The van der Waals surface area contributed by atoms with E-state index in [1.54, 1.807) is 52.1 Å². The van der Waals surface area contributed by atoms with Gasteiger partial charge in [-0.3, -0.25) is 54.4 Å². The Morgan fingerprint density at radius 3 is 0.932 bits per heavy atom. The third-order valence-corrected chi connectivity index (χ3v) is 23.8. The molecule has 0 saturated heterocycles. The summed E-state index contributed by atoms with van der Waals surface area (Å²) in [6, 6.07) is 47.8. The smallest absolute Gasteiger partial charge is 0.316 e. The average Bonchev–Trinajstić information content (AvgIpc) is 1.62. The average molecular weight is 1760 g/mol. The monoisotopic (exact) mass is 1750 g/mol. The molecule has 1 aromatic carbocycles. The molecule has 0 saturated carbocycles. The predicted molar refractivity (Wildman–Crippen MR) is 505 cm³/mol. The van der Waals surface area contributed by atoms with Crippen LogP contribution >= 0.6 is 0 Å². The minimum atomic E-state index is -0.111. The lowest BCUT2D eigenvalue weighted by atomic mass is 10.0. The van der Waals surface area contributed by atoms with Crippen LogP contribution in [0.5, 0.6) is 11.9 Å². The number of methoxy groups -OCH3 is 2. The summed E-state index contributed by atoms with van der Waals surface area (Å²) in [5.41, 5.74) is 31.0. The lowest BCUT2D eigenvalue weighted by molar-refractivity contribution is 0.0960. The van der Waals surface area contributed by atoms with Crippen LogP contribution in [-0.4, -0.2) is 132 Å². The molecule has 1 amide bonds. The second kappa shape index (κ2) is 37.8. The summed E-state index contributed by atoms with van der Waals surface area (Å²) >= 11 is 0. The van der Waals surface area contributed by atoms with Crippen molar-refractivity contribution < 1.29 is 37.2 Å². The molecule has 660 valence electrons. The van der Waals surface area contributed by atoms with E-state index in [4.69, 9.17) is 47.5 Å². The summed E-state index contributed by atoms with van der Waals surface area (Å²) in [5, 5.41) is 19.1. The van der Waals surface area contributed by atoms with Crippen LogP contribution in [0.25, 0.3) is 133 Å². The highest BCUT2D eigenvalue weighted by Gasteiger charge is 2.28. The van der Waals surface area contributed by atoms with Crippen LogP contribution in [0.4, 0.5) is 0 Å². The van der Waals surface area contributed by atoms with Crippen LogP contribution in [-0.2, 0) is 0 Å². The molecule has 0 aliphatic carbocycles. The minimum absolute atomic E-state index is 0.00617. The van der Waals surface area contributed by atoms with E-state index < -0.39 is 0 Å². The third kappa shape index (κ3) is 17.4. The summed E-state index contributed by atoms with van der Waals surface area (Å²) in [5.74, 6) is 3.56. The van der Waals surface area contributed by atoms with Crippen LogP contribution in [0.1, 0.15) is 155 Å². The van der Waals surface area contributed by atoms with E-state index in [1.165, 1.54) is 0 Å². The third-order valence-electron chi connectivity index (χ3n) is 23.8. The van der Waals surface area contributed by atoms with Gasteiger partial charge in [-0.15, -0.1) is 0 Å². The molecular weight excluding hydrogens is 1660 g/mol. The maximum Gasteiger partial charge on any atom is 0.316 e. The van der Waals surface area contributed by atoms with E-state index in [0.717, 1.165) is 202 Å². The Bertz CT molecular complexity index is 7010. The number of aromatic nitrogens is 20. The number of Topliss-reactive ketones (excluding diaryl/α,β-unsaturated/α-hetero) is 1. The molecule has 0 spiro atoms. The molecule has 20 aromatic rings. The minimum Gasteiger partial charge on any atom is -0.481 e. The van der Waals surface area contributed by atoms with E-state index in [-0.39, 0.29) is 35.9 Å². The van der Waals surface area contributed by atoms with Crippen molar-refractivity contribution in [3.8, 4) is 101 Å². The molecule has 19 aromatic heterocycles. The highest BCUT2D eigenvalue weighted by molar-refractivity contribution is 6.01. The highest BCUT2D eigenvalue weighted by atomic mass is 16.5. The lowest BCUT2D eigenvalue weighted by Gasteiger charge is -2.15. The van der Waals surface area contributed by atoms with Crippen molar-refractivity contribution in [2.24, 2.45) is 0 Å². The van der Waals surface area contributed by atoms with Crippen molar-refractivity contribution in [1.82, 2.24) is 104 Å². The van der Waals surface area contributed by atoms with Crippen LogP contribution in [0.2, 0.25) is 0 Å². The number of ether oxygens (including phenoxy) is 2. The van der Waals surface area contributed by atoms with Gasteiger partial charge < -0.3 is 51.2 Å². The number of hydrogen-bond acceptors (Lipinski definition) is 24. The molecule has 0 unspecified atom stereocenters. The van der Waals surface area contributed by atoms with Crippen molar-refractivity contribution in [3.63, 3.8) is 0 Å². The molecule has 19 heterocycles. The summed E-state index contributed by atoms with van der Waals surface area (Å²) in [7, 11) is 4.79. The Kier molecular flexibility index (Phi) is 25.1. The van der Waals surface area contributed by atoms with E-state index >= 15 is 0 Å². The van der Waals surface area contributed by atoms with E-state index in [0.29, 0.717) is 29.6 Å². The summed E-state index contributed by atoms with van der Waals surface area (Å²) < 4.78 is 40.7. The number of nitrogens with one attached hydrogen (secondary N) is 1. The van der Waals surface area contributed by atoms with E-state index in [1.807, 2.05) is 227 Å². The van der Waals surface area contributed by atoms with Gasteiger partial charge in [-0.25, -0.2) is 15.0 Å². The first kappa shape index (κ1) is 87.6. The Labute approximate surface area is 760 Å². The number of rotatable bonds is 21. The zero-order valence-corrected chi connectivity index (χ0v) is 75.8. The maximum absolute atomic E-state index is 12.0. The molecule has 0 aliphatic heterocycles. The first-order chi connectivity index (χ1) is 64.1. The number of nitrogens with zero attached hydrogens (tertiary/aromatic N) is 20. The van der Waals surface area contributed by atoms with Gasteiger partial charge in [-0.05, 0) is 186 Å². The second-order valence-electron chi connectivity index (χ2n) is 32.1. The van der Waals surface area contributed by atoms with Gasteiger partial charge in [0.15, 0.2) is 5.78 Å². The molecule has 20 rings (SSSR count). The van der Waals surface area contributed by atoms with E-state index in [2.05, 4.69) is 161 Å². The van der Waals surface area contributed by atoms with Gasteiger partial charge >= 0.3 is 6.01 Å². The molecule has 4 atom stereocenters. The van der Waals surface area contributed by atoms with Gasteiger partial charge in [-0.1, -0.05) is 70.0 Å². The lowest BCUT2D eigenvalue weighted by Crippen LogP contribution is -2.17. The number of hydrogen-bond donors (Lipinski definition) is 1. The highest BCUT2D eigenvalue weighted by Crippen LogP contribution is 2.43. The first-order valence-corrected chi connectivity index (χ1v) is 43.2. The van der Waals surface area contributed by atoms with Crippen LogP contribution < -0.4 is 14.8 Å². The van der Waals surface area contributed by atoms with Gasteiger partial charge in [0, 0.05) is 208 Å². The molecular formula is C103H95N21O8. The second-order valence-corrected chi connectivity index (χ2v) is 32.1. The van der Waals surface area contributed by atoms with Gasteiger partial charge in [-0.2, -0.15) is 0 Å². The summed E-state index contributed by atoms with van der Waals surface area (Å²) in [4.78, 5) is 79.1. The molecule has 0 aliphatic rings. The molecule has 29 nitrogen and oxygen atoms in total. The van der Waals surface area contributed by atoms with Crippen molar-refractivity contribution in [2.45, 2.75) is 121 Å². The number of aryl methyl sites for hydroxylation is 8. The fourth-order valence-corrected chi connectivity index (χ4v) is 16.9. The molecule has 1 N–H and O–H groups in total. The van der Waals surface area contributed by atoms with Crippen molar-refractivity contribution in [1.29, 1.82) is 0 Å². The zero-order valence-electron chi connectivity index (χ0n) is 75.8. The molecule has 0 radical (unpaired) electrons. The van der Waals surface area contributed by atoms with Crippen molar-refractivity contribution in [3.05, 3.63) is 325 Å². The normalized spacial score (nSPS) is 12.2. The number of benzene rings is 1. The zero-order chi connectivity index (χ0) is 92.1. The van der Waals surface area contributed by atoms with Gasteiger partial charge in [0.25, 0.3) is 5.91 Å². The number of carbonyl (C=O) groups excluding carboxylic acids is 2. The SMILES string of the molecule is CCC(=O)c1ccc(-c2cn([C@@H](C)c3ccccn3)c3cc(-c4c(C)noc4C)cnc23)cn1.CNC(=O)c1ccc(-c2cn([C@@H](C)c3ccccn3)c3cc(-c4c(C)noc4C)cnc23)cc1.COc1ccc(-c2cn([C@@H](C)c3ccccn3)c3cc(-c4c(C)noc4C)cnc23)cn1.COc1ncc(-c2cn([C@@H](C)c3ccccn3)c3cc(-c4c(C)noc4C)cnc23)cn1. The van der Waals surface area contributed by atoms with E-state index in [9.17, 15) is 9.59 Å². The summed E-state index contributed by atoms with van der Waals surface area (Å²) in [6.45, 7) is 25.7. The predicted octanol–water partition coefficient (Wildman–Crippen LogP) is 21.5. The first-order valence-electron chi connectivity index (χ1n) is 43.2. The number of fused-ring (bicyclic) bond motifs is 4. The quantitative estimate of drug-likeness (QED) is 0.0653. The standard InChI is InChI=1S/2C27H25N5O2.C25H23N5O2.C24H22N6O2/c1-16-25(18(3)34-31-16)21-13-24-26(30-14-21)22(19-8-10-20(11-9-19)27(33)28-4)15-32(24)17(2)23-7-5-6-12-29-23;1-5-25(33)23-10-9-19(13-29-23)21-15-32(17(3)22-8-6-7-11-28-22)24-12-20(14-30-27(21)24)26-16(2)31-34-18(26)4;1-15-24(17(3)32-29-15)19-11-22-25(28-13-19)20(18-8-9-23(31-4)27-12-18)14-30(22)16(2)21-7-5-6-10-26-21;1-14-22(16(3)32-29-14)17-9-21-23(26-10-17)19(18-11-27-24(31-4)28-12-18)13-30(21)15(2)20-7-5-6-8-25-20/h5-15,17H,1-4H3,(H,28,33);6-15,17H,5H2,1-4H3;5-14,16H,1-4H3;5-13,15H,1-4H3/t2*17-;16-;15-/m0000/s1. The Balaban J connectivity index is 0.000000123. The Morgan fingerprint density at radius 2 is 0.659 bits per heavy atom. The number of carbonyl (C=O) groups is 2. The van der Waals surface area contributed by atoms with Crippen LogP contribution in [0.3, 0.4) is 0 Å². The fraction of sp³-hybridized carbons (Fsp3) is 0.204. The summed E-state index contributed by atoms with van der Waals surface area (Å²) in [6.07, 6.45) is 30.6. The van der Waals surface area contributed by atoms with Crippen molar-refractivity contribution in [2.75, 3.05) is 21.3 Å². The maximum atomic E-state index is 12.0. The fourth-order valence-electron chi connectivity index (χ4n) is 16.9. The molecule has 29 heteroatoms. The Morgan fingerprint density at radius 1 is 0.348 bits per heavy atom. The molecule has 0 bridgehead atoms. The van der Waals surface area contributed by atoms with Gasteiger partial charge in [0.05, 0.1) is 128 Å².